The van der Waals surface area contributed by atoms with E-state index in [1.165, 1.54) is 50.5 Å². The molecular formula is C18H29NO. The quantitative estimate of drug-likeness (QED) is 0.840. The fourth-order valence-electron chi connectivity index (χ4n) is 3.43. The molecule has 20 heavy (non-hydrogen) atoms. The molecule has 1 aromatic carbocycles. The van der Waals surface area contributed by atoms with Gasteiger partial charge in [-0.3, -0.25) is 0 Å². The van der Waals surface area contributed by atoms with Crippen LogP contribution in [0.25, 0.3) is 0 Å². The summed E-state index contributed by atoms with van der Waals surface area (Å²) in [5.41, 5.74) is 1.39. The van der Waals surface area contributed by atoms with Gasteiger partial charge in [0.1, 0.15) is 5.75 Å². The summed E-state index contributed by atoms with van der Waals surface area (Å²) in [5, 5.41) is 3.71. The van der Waals surface area contributed by atoms with Crippen molar-refractivity contribution < 1.29 is 4.74 Å². The van der Waals surface area contributed by atoms with E-state index in [4.69, 9.17) is 4.74 Å². The van der Waals surface area contributed by atoms with E-state index in [-0.39, 0.29) is 0 Å². The van der Waals surface area contributed by atoms with Crippen LogP contribution in [0.1, 0.15) is 63.5 Å². The second-order valence-corrected chi connectivity index (χ2v) is 5.92. The summed E-state index contributed by atoms with van der Waals surface area (Å²) < 4.78 is 5.39. The van der Waals surface area contributed by atoms with Crippen molar-refractivity contribution >= 4 is 0 Å². The SMILES string of the molecule is CCNC(c1cccc(OC)c1)C1CCCCCCC1. The average Bonchev–Trinajstić information content (AvgIpc) is 2.45. The van der Waals surface area contributed by atoms with Gasteiger partial charge in [0.25, 0.3) is 0 Å². The van der Waals surface area contributed by atoms with Gasteiger partial charge in [-0.25, -0.2) is 0 Å². The molecule has 1 aromatic rings. The van der Waals surface area contributed by atoms with Crippen LogP contribution >= 0.6 is 0 Å². The van der Waals surface area contributed by atoms with Crippen LogP contribution in [0.15, 0.2) is 24.3 Å². The Morgan fingerprint density at radius 2 is 1.85 bits per heavy atom. The predicted molar refractivity (Wildman–Crippen MR) is 85.2 cm³/mol. The van der Waals surface area contributed by atoms with Crippen molar-refractivity contribution in [1.29, 1.82) is 0 Å². The zero-order valence-electron chi connectivity index (χ0n) is 13.0. The van der Waals surface area contributed by atoms with Gasteiger partial charge in [0.15, 0.2) is 0 Å². The minimum atomic E-state index is 0.480. The molecule has 0 aliphatic heterocycles. The third kappa shape index (κ3) is 4.24. The molecule has 2 nitrogen and oxygen atoms in total. The number of rotatable bonds is 5. The van der Waals surface area contributed by atoms with E-state index in [1.54, 1.807) is 7.11 Å². The molecule has 1 fully saturated rings. The lowest BCUT2D eigenvalue weighted by Gasteiger charge is -2.30. The standard InChI is InChI=1S/C18H29NO/c1-3-19-18(15-10-7-5-4-6-8-11-15)16-12-9-13-17(14-16)20-2/h9,12-15,18-19H,3-8,10-11H2,1-2H3. The van der Waals surface area contributed by atoms with Crippen LogP contribution in [-0.4, -0.2) is 13.7 Å². The molecule has 0 bridgehead atoms. The van der Waals surface area contributed by atoms with Crippen LogP contribution in [0, 0.1) is 5.92 Å². The van der Waals surface area contributed by atoms with Crippen molar-refractivity contribution in [1.82, 2.24) is 5.32 Å². The van der Waals surface area contributed by atoms with E-state index in [9.17, 15) is 0 Å². The minimum Gasteiger partial charge on any atom is -0.497 e. The number of hydrogen-bond donors (Lipinski definition) is 1. The Hall–Kier alpha value is -1.02. The molecule has 2 heteroatoms. The third-order valence-electron chi connectivity index (χ3n) is 4.50. The Kier molecular flexibility index (Phi) is 6.38. The highest BCUT2D eigenvalue weighted by Crippen LogP contribution is 2.34. The van der Waals surface area contributed by atoms with Crippen molar-refractivity contribution in [2.24, 2.45) is 5.92 Å². The summed E-state index contributed by atoms with van der Waals surface area (Å²) in [4.78, 5) is 0. The highest BCUT2D eigenvalue weighted by atomic mass is 16.5. The smallest absolute Gasteiger partial charge is 0.119 e. The van der Waals surface area contributed by atoms with Crippen LogP contribution < -0.4 is 10.1 Å². The van der Waals surface area contributed by atoms with Gasteiger partial charge in [-0.15, -0.1) is 0 Å². The van der Waals surface area contributed by atoms with Gasteiger partial charge >= 0.3 is 0 Å². The van der Waals surface area contributed by atoms with Gasteiger partial charge in [-0.2, -0.15) is 0 Å². The molecular weight excluding hydrogens is 246 g/mol. The van der Waals surface area contributed by atoms with Crippen molar-refractivity contribution in [2.45, 2.75) is 57.9 Å². The van der Waals surface area contributed by atoms with E-state index < -0.39 is 0 Å². The van der Waals surface area contributed by atoms with E-state index in [2.05, 4.69) is 30.4 Å². The number of ether oxygens (including phenoxy) is 1. The molecule has 0 heterocycles. The number of benzene rings is 1. The second-order valence-electron chi connectivity index (χ2n) is 5.92. The number of hydrogen-bond acceptors (Lipinski definition) is 2. The Balaban J connectivity index is 2.14. The zero-order valence-corrected chi connectivity index (χ0v) is 13.0. The first-order valence-corrected chi connectivity index (χ1v) is 8.22. The normalized spacial score (nSPS) is 19.1. The molecule has 1 aliphatic carbocycles. The highest BCUT2D eigenvalue weighted by Gasteiger charge is 2.23. The van der Waals surface area contributed by atoms with Crippen LogP contribution in [-0.2, 0) is 0 Å². The fourth-order valence-corrected chi connectivity index (χ4v) is 3.43. The monoisotopic (exact) mass is 275 g/mol. The molecule has 2 rings (SSSR count). The van der Waals surface area contributed by atoms with Crippen molar-refractivity contribution in [2.75, 3.05) is 13.7 Å². The van der Waals surface area contributed by atoms with Gasteiger partial charge in [0.2, 0.25) is 0 Å². The summed E-state index contributed by atoms with van der Waals surface area (Å²) in [6, 6.07) is 9.07. The van der Waals surface area contributed by atoms with Gasteiger partial charge in [0, 0.05) is 6.04 Å². The molecule has 1 saturated carbocycles. The minimum absolute atomic E-state index is 0.480. The lowest BCUT2D eigenvalue weighted by molar-refractivity contribution is 0.291. The first-order valence-electron chi connectivity index (χ1n) is 8.22. The van der Waals surface area contributed by atoms with Crippen molar-refractivity contribution in [3.63, 3.8) is 0 Å². The Bertz CT molecular complexity index is 383. The average molecular weight is 275 g/mol. The maximum Gasteiger partial charge on any atom is 0.119 e. The third-order valence-corrected chi connectivity index (χ3v) is 4.50. The molecule has 0 amide bonds. The Labute approximate surface area is 123 Å². The summed E-state index contributed by atoms with van der Waals surface area (Å²) >= 11 is 0. The van der Waals surface area contributed by atoms with E-state index in [0.29, 0.717) is 6.04 Å². The van der Waals surface area contributed by atoms with E-state index in [0.717, 1.165) is 18.2 Å². The van der Waals surface area contributed by atoms with Crippen molar-refractivity contribution in [3.05, 3.63) is 29.8 Å². The number of methoxy groups -OCH3 is 1. The largest absolute Gasteiger partial charge is 0.497 e. The highest BCUT2D eigenvalue weighted by molar-refractivity contribution is 5.31. The molecule has 0 saturated heterocycles. The van der Waals surface area contributed by atoms with Crippen molar-refractivity contribution in [3.8, 4) is 5.75 Å². The van der Waals surface area contributed by atoms with E-state index >= 15 is 0 Å². The molecule has 0 spiro atoms. The van der Waals surface area contributed by atoms with Gasteiger partial charge in [-0.05, 0) is 43.0 Å². The van der Waals surface area contributed by atoms with Crippen LogP contribution in [0.3, 0.4) is 0 Å². The summed E-state index contributed by atoms with van der Waals surface area (Å²) in [6.45, 7) is 3.23. The molecule has 1 N–H and O–H groups in total. The first-order chi connectivity index (χ1) is 9.85. The van der Waals surface area contributed by atoms with Crippen LogP contribution in [0.5, 0.6) is 5.75 Å². The maximum atomic E-state index is 5.39. The molecule has 0 radical (unpaired) electrons. The van der Waals surface area contributed by atoms with Crippen LogP contribution in [0.4, 0.5) is 0 Å². The Morgan fingerprint density at radius 3 is 2.50 bits per heavy atom. The zero-order chi connectivity index (χ0) is 14.2. The number of nitrogens with one attached hydrogen (secondary N) is 1. The molecule has 1 unspecified atom stereocenters. The van der Waals surface area contributed by atoms with Gasteiger partial charge < -0.3 is 10.1 Å². The lowest BCUT2D eigenvalue weighted by Crippen LogP contribution is -2.28. The lowest BCUT2D eigenvalue weighted by atomic mass is 9.83. The van der Waals surface area contributed by atoms with Gasteiger partial charge in [-0.1, -0.05) is 51.2 Å². The predicted octanol–water partition coefficient (Wildman–Crippen LogP) is 4.71. The summed E-state index contributed by atoms with van der Waals surface area (Å²) in [5.74, 6) is 1.73. The molecule has 112 valence electrons. The maximum absolute atomic E-state index is 5.39. The fraction of sp³-hybridized carbons (Fsp3) is 0.667. The first kappa shape index (κ1) is 15.4. The molecule has 0 aromatic heterocycles. The second kappa shape index (κ2) is 8.31. The van der Waals surface area contributed by atoms with Gasteiger partial charge in [0.05, 0.1) is 7.11 Å². The Morgan fingerprint density at radius 1 is 1.15 bits per heavy atom. The summed E-state index contributed by atoms with van der Waals surface area (Å²) in [6.07, 6.45) is 9.73. The van der Waals surface area contributed by atoms with Crippen LogP contribution in [0.2, 0.25) is 0 Å². The summed E-state index contributed by atoms with van der Waals surface area (Å²) in [7, 11) is 1.75. The molecule has 1 aliphatic rings. The molecule has 1 atom stereocenters. The van der Waals surface area contributed by atoms with E-state index in [1.807, 2.05) is 6.07 Å². The topological polar surface area (TPSA) is 21.3 Å².